The largest absolute Gasteiger partial charge is 0.497 e. The second kappa shape index (κ2) is 6.78. The lowest BCUT2D eigenvalue weighted by atomic mass is 10.2. The molecule has 0 radical (unpaired) electrons. The van der Waals surface area contributed by atoms with Crippen molar-refractivity contribution in [2.45, 2.75) is 31.2 Å². The lowest BCUT2D eigenvalue weighted by Crippen LogP contribution is -2.43. The molecular weight excluding hydrogens is 338 g/mol. The first kappa shape index (κ1) is 18.2. The second-order valence-corrected chi connectivity index (χ2v) is 10.3. The first-order chi connectivity index (χ1) is 10.7. The van der Waals surface area contributed by atoms with E-state index in [1.54, 1.807) is 12.1 Å². The molecule has 6 nitrogen and oxygen atoms in total. The van der Waals surface area contributed by atoms with Gasteiger partial charge >= 0.3 is 0 Å². The molecule has 23 heavy (non-hydrogen) atoms. The Balaban J connectivity index is 2.36. The highest BCUT2D eigenvalue weighted by atomic mass is 32.2. The molecule has 1 aromatic rings. The van der Waals surface area contributed by atoms with Crippen molar-refractivity contribution in [2.24, 2.45) is 5.92 Å². The third kappa shape index (κ3) is 4.24. The van der Waals surface area contributed by atoms with Crippen LogP contribution in [0, 0.1) is 5.92 Å². The number of benzene rings is 1. The molecule has 0 unspecified atom stereocenters. The number of sulfonamides is 1. The van der Waals surface area contributed by atoms with E-state index in [-0.39, 0.29) is 22.3 Å². The molecule has 0 N–H and O–H groups in total. The van der Waals surface area contributed by atoms with Gasteiger partial charge in [-0.05, 0) is 36.6 Å². The first-order valence-electron chi connectivity index (χ1n) is 7.52. The van der Waals surface area contributed by atoms with Gasteiger partial charge in [-0.3, -0.25) is 0 Å². The maximum atomic E-state index is 13.0. The van der Waals surface area contributed by atoms with Gasteiger partial charge in [0.05, 0.1) is 23.5 Å². The van der Waals surface area contributed by atoms with Gasteiger partial charge in [0.2, 0.25) is 10.0 Å². The summed E-state index contributed by atoms with van der Waals surface area (Å²) in [5, 5.41) is 0. The van der Waals surface area contributed by atoms with Crippen molar-refractivity contribution in [3.05, 3.63) is 24.3 Å². The van der Waals surface area contributed by atoms with Crippen LogP contribution in [0.3, 0.4) is 0 Å². The van der Waals surface area contributed by atoms with Gasteiger partial charge in [-0.1, -0.05) is 13.8 Å². The summed E-state index contributed by atoms with van der Waals surface area (Å²) >= 11 is 0. The van der Waals surface area contributed by atoms with E-state index < -0.39 is 25.9 Å². The van der Waals surface area contributed by atoms with E-state index in [9.17, 15) is 16.8 Å². The Morgan fingerprint density at radius 1 is 1.26 bits per heavy atom. The van der Waals surface area contributed by atoms with Crippen LogP contribution in [-0.4, -0.2) is 52.3 Å². The zero-order valence-electron chi connectivity index (χ0n) is 13.6. The molecule has 1 saturated heterocycles. The van der Waals surface area contributed by atoms with Gasteiger partial charge in [0.1, 0.15) is 5.75 Å². The van der Waals surface area contributed by atoms with Gasteiger partial charge in [0.25, 0.3) is 0 Å². The fourth-order valence-corrected chi connectivity index (χ4v) is 6.33. The Morgan fingerprint density at radius 3 is 2.30 bits per heavy atom. The van der Waals surface area contributed by atoms with E-state index in [0.29, 0.717) is 18.7 Å². The number of rotatable bonds is 6. The predicted molar refractivity (Wildman–Crippen MR) is 88.8 cm³/mol. The Labute approximate surface area is 138 Å². The minimum absolute atomic E-state index is 0.0460. The Kier molecular flexibility index (Phi) is 5.37. The summed E-state index contributed by atoms with van der Waals surface area (Å²) < 4.78 is 55.8. The molecule has 1 aliphatic heterocycles. The van der Waals surface area contributed by atoms with Gasteiger partial charge in [0.15, 0.2) is 9.84 Å². The fraction of sp³-hybridized carbons (Fsp3) is 0.600. The normalized spacial score (nSPS) is 21.0. The average Bonchev–Trinajstić information content (AvgIpc) is 2.84. The van der Waals surface area contributed by atoms with Crippen LogP contribution in [0.2, 0.25) is 0 Å². The molecular formula is C15H23NO5S2. The van der Waals surface area contributed by atoms with Gasteiger partial charge in [-0.2, -0.15) is 4.31 Å². The topological polar surface area (TPSA) is 80.8 Å². The van der Waals surface area contributed by atoms with Gasteiger partial charge in [-0.15, -0.1) is 0 Å². The van der Waals surface area contributed by atoms with Crippen molar-refractivity contribution in [2.75, 3.05) is 25.2 Å². The summed E-state index contributed by atoms with van der Waals surface area (Å²) in [7, 11) is -5.39. The van der Waals surface area contributed by atoms with E-state index in [4.69, 9.17) is 4.74 Å². The third-order valence-corrected chi connectivity index (χ3v) is 7.51. The number of hydrogen-bond acceptors (Lipinski definition) is 5. The van der Waals surface area contributed by atoms with Crippen molar-refractivity contribution < 1.29 is 21.6 Å². The van der Waals surface area contributed by atoms with Crippen LogP contribution < -0.4 is 4.74 Å². The molecule has 8 heteroatoms. The van der Waals surface area contributed by atoms with Crippen molar-refractivity contribution >= 4 is 19.9 Å². The van der Waals surface area contributed by atoms with Crippen LogP contribution in [0.1, 0.15) is 20.3 Å². The molecule has 0 spiro atoms. The monoisotopic (exact) mass is 361 g/mol. The number of sulfone groups is 1. The molecule has 1 heterocycles. The first-order valence-corrected chi connectivity index (χ1v) is 10.8. The molecule has 1 aliphatic rings. The number of ether oxygens (including phenoxy) is 1. The maximum Gasteiger partial charge on any atom is 0.243 e. The zero-order valence-corrected chi connectivity index (χ0v) is 15.2. The zero-order chi connectivity index (χ0) is 17.3. The average molecular weight is 361 g/mol. The predicted octanol–water partition coefficient (Wildman–Crippen LogP) is 1.53. The quantitative estimate of drug-likeness (QED) is 0.767. The molecule has 1 atom stereocenters. The summed E-state index contributed by atoms with van der Waals surface area (Å²) in [4.78, 5) is 0.156. The van der Waals surface area contributed by atoms with Crippen LogP contribution in [0.4, 0.5) is 0 Å². The molecule has 1 aromatic carbocycles. The van der Waals surface area contributed by atoms with Crippen LogP contribution in [0.15, 0.2) is 29.2 Å². The van der Waals surface area contributed by atoms with Gasteiger partial charge < -0.3 is 4.74 Å². The summed E-state index contributed by atoms with van der Waals surface area (Å²) in [6, 6.07) is 5.67. The number of methoxy groups -OCH3 is 1. The van der Waals surface area contributed by atoms with E-state index >= 15 is 0 Å². The maximum absolute atomic E-state index is 13.0. The van der Waals surface area contributed by atoms with Crippen LogP contribution in [0.25, 0.3) is 0 Å². The molecule has 0 bridgehead atoms. The molecule has 130 valence electrons. The molecule has 1 fully saturated rings. The Hall–Kier alpha value is -1.12. The molecule has 0 aliphatic carbocycles. The molecule has 2 rings (SSSR count). The third-order valence-electron chi connectivity index (χ3n) is 3.83. The summed E-state index contributed by atoms with van der Waals surface area (Å²) in [5.74, 6) is 0.619. The Morgan fingerprint density at radius 2 is 1.87 bits per heavy atom. The van der Waals surface area contributed by atoms with Crippen molar-refractivity contribution in [3.8, 4) is 5.75 Å². The van der Waals surface area contributed by atoms with Crippen LogP contribution in [0.5, 0.6) is 5.75 Å². The minimum Gasteiger partial charge on any atom is -0.497 e. The van der Waals surface area contributed by atoms with Crippen molar-refractivity contribution in [1.29, 1.82) is 0 Å². The lowest BCUT2D eigenvalue weighted by Gasteiger charge is -2.29. The highest BCUT2D eigenvalue weighted by molar-refractivity contribution is 7.92. The molecule has 0 aromatic heterocycles. The summed E-state index contributed by atoms with van der Waals surface area (Å²) in [6.45, 7) is 4.13. The highest BCUT2D eigenvalue weighted by Crippen LogP contribution is 2.27. The van der Waals surface area contributed by atoms with Crippen molar-refractivity contribution in [3.63, 3.8) is 0 Å². The summed E-state index contributed by atoms with van der Waals surface area (Å²) in [5.41, 5.74) is 0. The van der Waals surface area contributed by atoms with E-state index in [1.807, 2.05) is 13.8 Å². The fourth-order valence-electron chi connectivity index (χ4n) is 2.69. The SMILES string of the molecule is COc1ccc(S(=O)(=O)N(CC(C)C)[C@H]2CCS(=O)(=O)C2)cc1. The van der Waals surface area contributed by atoms with Crippen LogP contribution in [-0.2, 0) is 19.9 Å². The minimum atomic E-state index is -3.74. The van der Waals surface area contributed by atoms with E-state index in [2.05, 4.69) is 0 Å². The van der Waals surface area contributed by atoms with Crippen molar-refractivity contribution in [1.82, 2.24) is 4.31 Å². The lowest BCUT2D eigenvalue weighted by molar-refractivity contribution is 0.307. The van der Waals surface area contributed by atoms with Gasteiger partial charge in [0, 0.05) is 12.6 Å². The molecule has 0 amide bonds. The Bertz CT molecular complexity index is 739. The van der Waals surface area contributed by atoms with Gasteiger partial charge in [-0.25, -0.2) is 16.8 Å². The highest BCUT2D eigenvalue weighted by Gasteiger charge is 2.38. The molecule has 0 saturated carbocycles. The second-order valence-electron chi connectivity index (χ2n) is 6.20. The van der Waals surface area contributed by atoms with Crippen LogP contribution >= 0.6 is 0 Å². The number of nitrogens with zero attached hydrogens (tertiary/aromatic N) is 1. The smallest absolute Gasteiger partial charge is 0.243 e. The van der Waals surface area contributed by atoms with E-state index in [1.165, 1.54) is 23.5 Å². The standard InChI is InChI=1S/C15H23NO5S2/c1-12(2)10-16(13-8-9-22(17,18)11-13)23(19,20)15-6-4-14(21-3)5-7-15/h4-7,12-13H,8-11H2,1-3H3/t13-/m0/s1. The number of hydrogen-bond donors (Lipinski definition) is 0. The van der Waals surface area contributed by atoms with E-state index in [0.717, 1.165) is 0 Å². The summed E-state index contributed by atoms with van der Waals surface area (Å²) in [6.07, 6.45) is 0.352.